The lowest BCUT2D eigenvalue weighted by atomic mass is 9.94. The second-order valence-corrected chi connectivity index (χ2v) is 11.1. The highest BCUT2D eigenvalue weighted by atomic mass is 16.6. The molecule has 0 spiro atoms. The van der Waals surface area contributed by atoms with Crippen LogP contribution < -0.4 is 0 Å². The number of hydrogen-bond donors (Lipinski definition) is 0. The highest BCUT2D eigenvalue weighted by molar-refractivity contribution is 5.92. The van der Waals surface area contributed by atoms with Crippen LogP contribution in [0, 0.1) is 0 Å². The molecule has 8 nitrogen and oxygen atoms in total. The van der Waals surface area contributed by atoms with Gasteiger partial charge in [0.2, 0.25) is 5.60 Å². The smallest absolute Gasteiger partial charge is 0.351 e. The zero-order valence-corrected chi connectivity index (χ0v) is 26.7. The predicted molar refractivity (Wildman–Crippen MR) is 161 cm³/mol. The second kappa shape index (κ2) is 26.8. The van der Waals surface area contributed by atoms with Crippen LogP contribution in [0.25, 0.3) is 0 Å². The quantitative estimate of drug-likeness (QED) is 0.0515. The zero-order chi connectivity index (χ0) is 30.6. The van der Waals surface area contributed by atoms with E-state index >= 15 is 0 Å². The Morgan fingerprint density at radius 1 is 0.439 bits per heavy atom. The Bertz CT molecular complexity index is 659. The summed E-state index contributed by atoms with van der Waals surface area (Å²) in [4.78, 5) is 51.4. The molecule has 0 aliphatic heterocycles. The summed E-state index contributed by atoms with van der Waals surface area (Å²) in [5.41, 5.74) is -2.11. The minimum absolute atomic E-state index is 0.0218. The van der Waals surface area contributed by atoms with Gasteiger partial charge < -0.3 is 18.9 Å². The monoisotopic (exact) mass is 584 g/mol. The molecule has 0 aromatic rings. The fraction of sp³-hybridized carbons (Fsp3) is 0.879. The molecule has 0 N–H and O–H groups in total. The maximum atomic E-state index is 13.4. The molecule has 0 aliphatic rings. The van der Waals surface area contributed by atoms with Crippen LogP contribution in [0.2, 0.25) is 0 Å². The summed E-state index contributed by atoms with van der Waals surface area (Å²) in [6, 6.07) is 0. The van der Waals surface area contributed by atoms with E-state index < -0.39 is 42.3 Å². The fourth-order valence-corrected chi connectivity index (χ4v) is 4.49. The molecule has 0 bridgehead atoms. The van der Waals surface area contributed by atoms with Crippen LogP contribution in [0.4, 0.5) is 0 Å². The largest absolute Gasteiger partial charge is 0.466 e. The van der Waals surface area contributed by atoms with E-state index in [1.807, 2.05) is 0 Å². The molecule has 0 aromatic carbocycles. The molecular weight excluding hydrogens is 524 g/mol. The van der Waals surface area contributed by atoms with Crippen LogP contribution >= 0.6 is 0 Å². The third-order valence-corrected chi connectivity index (χ3v) is 7.08. The van der Waals surface area contributed by atoms with Crippen molar-refractivity contribution in [2.45, 2.75) is 168 Å². The molecule has 0 rings (SSSR count). The van der Waals surface area contributed by atoms with Gasteiger partial charge in [-0.25, -0.2) is 4.79 Å². The average molecular weight is 585 g/mol. The van der Waals surface area contributed by atoms with Crippen molar-refractivity contribution < 1.29 is 38.1 Å². The van der Waals surface area contributed by atoms with Crippen molar-refractivity contribution in [1.29, 1.82) is 0 Å². The van der Waals surface area contributed by atoms with E-state index in [-0.39, 0.29) is 26.2 Å². The first-order valence-corrected chi connectivity index (χ1v) is 16.5. The molecule has 0 aliphatic carbocycles. The Kier molecular flexibility index (Phi) is 25.4. The molecule has 8 heteroatoms. The topological polar surface area (TPSA) is 105 Å². The van der Waals surface area contributed by atoms with Crippen molar-refractivity contribution in [3.63, 3.8) is 0 Å². The van der Waals surface area contributed by atoms with Crippen LogP contribution in [0.5, 0.6) is 0 Å². The molecule has 0 unspecified atom stereocenters. The van der Waals surface area contributed by atoms with Crippen LogP contribution in [0.3, 0.4) is 0 Å². The minimum atomic E-state index is -2.11. The molecule has 0 saturated heterocycles. The normalized spacial score (nSPS) is 11.2. The third-order valence-electron chi connectivity index (χ3n) is 7.08. The van der Waals surface area contributed by atoms with Gasteiger partial charge in [0, 0.05) is 6.42 Å². The number of unbranched alkanes of at least 4 members (excludes halogenated alkanes) is 15. The van der Waals surface area contributed by atoms with Crippen LogP contribution in [0.1, 0.15) is 163 Å². The van der Waals surface area contributed by atoms with Gasteiger partial charge in [0.05, 0.1) is 32.7 Å². The van der Waals surface area contributed by atoms with E-state index in [1.165, 1.54) is 12.8 Å². The van der Waals surface area contributed by atoms with E-state index in [4.69, 9.17) is 18.9 Å². The van der Waals surface area contributed by atoms with Crippen LogP contribution in [-0.2, 0) is 38.1 Å². The summed E-state index contributed by atoms with van der Waals surface area (Å²) in [6.07, 6.45) is 17.2. The summed E-state index contributed by atoms with van der Waals surface area (Å²) >= 11 is 0. The number of esters is 4. The highest BCUT2D eigenvalue weighted by Gasteiger charge is 2.49. The Morgan fingerprint density at radius 3 is 1.15 bits per heavy atom. The Hall–Kier alpha value is -2.12. The number of ether oxygens (including phenoxy) is 4. The van der Waals surface area contributed by atoms with E-state index in [1.54, 1.807) is 6.92 Å². The van der Waals surface area contributed by atoms with Gasteiger partial charge in [-0.3, -0.25) is 14.4 Å². The third kappa shape index (κ3) is 21.3. The number of hydrogen-bond acceptors (Lipinski definition) is 8. The van der Waals surface area contributed by atoms with Crippen molar-refractivity contribution in [3.05, 3.63) is 0 Å². The molecule has 0 fully saturated rings. The SMILES string of the molecule is CCCCCCCCOC(=O)CC(CC(=O)OCCCCCCCC)(OC(=O)CC)C(=O)OCCCCCCCC. The molecule has 0 saturated carbocycles. The van der Waals surface area contributed by atoms with Crippen molar-refractivity contribution in [2.24, 2.45) is 0 Å². The Labute approximate surface area is 250 Å². The first-order valence-electron chi connectivity index (χ1n) is 16.5. The molecular formula is C33H60O8. The number of carbonyl (C=O) groups is 4. The summed E-state index contributed by atoms with van der Waals surface area (Å²) in [7, 11) is 0. The molecule has 0 radical (unpaired) electrons. The zero-order valence-electron chi connectivity index (χ0n) is 26.7. The molecule has 41 heavy (non-hydrogen) atoms. The fourth-order valence-electron chi connectivity index (χ4n) is 4.49. The summed E-state index contributed by atoms with van der Waals surface area (Å²) in [6.45, 7) is 8.58. The lowest BCUT2D eigenvalue weighted by Gasteiger charge is -2.29. The number of carbonyl (C=O) groups excluding carboxylic acids is 4. The summed E-state index contributed by atoms with van der Waals surface area (Å²) < 4.78 is 21.8. The van der Waals surface area contributed by atoms with Crippen molar-refractivity contribution in [1.82, 2.24) is 0 Å². The van der Waals surface area contributed by atoms with Crippen molar-refractivity contribution in [2.75, 3.05) is 19.8 Å². The molecule has 240 valence electrons. The summed E-state index contributed by atoms with van der Waals surface area (Å²) in [5, 5.41) is 0. The van der Waals surface area contributed by atoms with E-state index in [2.05, 4.69) is 20.8 Å². The maximum absolute atomic E-state index is 13.4. The molecule has 0 heterocycles. The first-order chi connectivity index (χ1) is 19.8. The van der Waals surface area contributed by atoms with Gasteiger partial charge >= 0.3 is 23.9 Å². The predicted octanol–water partition coefficient (Wildman–Crippen LogP) is 8.17. The van der Waals surface area contributed by atoms with E-state index in [0.717, 1.165) is 83.5 Å². The first kappa shape index (κ1) is 38.9. The minimum Gasteiger partial charge on any atom is -0.466 e. The van der Waals surface area contributed by atoms with Gasteiger partial charge in [-0.05, 0) is 19.3 Å². The van der Waals surface area contributed by atoms with Crippen molar-refractivity contribution >= 4 is 23.9 Å². The standard InChI is InChI=1S/C33H60O8/c1-5-9-12-15-18-21-24-38-30(35)27-33(41-29(34)8-4,32(37)40-26-23-20-17-14-11-7-3)28-31(36)39-25-22-19-16-13-10-6-2/h5-28H2,1-4H3. The van der Waals surface area contributed by atoms with Gasteiger partial charge in [-0.2, -0.15) is 0 Å². The van der Waals surface area contributed by atoms with Crippen LogP contribution in [0.15, 0.2) is 0 Å². The van der Waals surface area contributed by atoms with Gasteiger partial charge in [0.25, 0.3) is 0 Å². The van der Waals surface area contributed by atoms with Gasteiger partial charge in [0.15, 0.2) is 0 Å². The molecule has 0 amide bonds. The Balaban J connectivity index is 5.27. The summed E-state index contributed by atoms with van der Waals surface area (Å²) in [5.74, 6) is -3.01. The maximum Gasteiger partial charge on any atom is 0.351 e. The molecule has 0 aromatic heterocycles. The molecule has 0 atom stereocenters. The van der Waals surface area contributed by atoms with E-state index in [0.29, 0.717) is 19.3 Å². The number of rotatable bonds is 28. The second-order valence-electron chi connectivity index (χ2n) is 11.1. The van der Waals surface area contributed by atoms with Gasteiger partial charge in [0.1, 0.15) is 0 Å². The average Bonchev–Trinajstić information content (AvgIpc) is 2.95. The Morgan fingerprint density at radius 2 is 0.780 bits per heavy atom. The highest BCUT2D eigenvalue weighted by Crippen LogP contribution is 2.26. The van der Waals surface area contributed by atoms with Crippen LogP contribution in [-0.4, -0.2) is 49.3 Å². The lowest BCUT2D eigenvalue weighted by molar-refractivity contribution is -0.191. The lowest BCUT2D eigenvalue weighted by Crippen LogP contribution is -2.48. The van der Waals surface area contributed by atoms with Gasteiger partial charge in [-0.15, -0.1) is 0 Å². The van der Waals surface area contributed by atoms with E-state index in [9.17, 15) is 19.2 Å². The van der Waals surface area contributed by atoms with Crippen molar-refractivity contribution in [3.8, 4) is 0 Å². The van der Waals surface area contributed by atoms with Gasteiger partial charge in [-0.1, -0.05) is 124 Å².